The first-order valence-corrected chi connectivity index (χ1v) is 6.88. The molecular weight excluding hydrogens is 208 g/mol. The lowest BCUT2D eigenvalue weighted by Gasteiger charge is -2.28. The second-order valence-electron chi connectivity index (χ2n) is 5.77. The highest BCUT2D eigenvalue weighted by atomic mass is 16.3. The average molecular weight is 232 g/mol. The van der Waals surface area contributed by atoms with Gasteiger partial charge in [-0.1, -0.05) is 57.9 Å². The van der Waals surface area contributed by atoms with Gasteiger partial charge in [0, 0.05) is 0 Å². The lowest BCUT2D eigenvalue weighted by molar-refractivity contribution is 0.0125. The second kappa shape index (κ2) is 4.45. The van der Waals surface area contributed by atoms with Crippen LogP contribution in [0.1, 0.15) is 64.0 Å². The van der Waals surface area contributed by atoms with Crippen molar-refractivity contribution in [2.75, 3.05) is 0 Å². The zero-order chi connectivity index (χ0) is 12.5. The van der Waals surface area contributed by atoms with E-state index in [4.69, 9.17) is 0 Å². The quantitative estimate of drug-likeness (QED) is 0.827. The molecule has 1 heteroatoms. The molecule has 1 aliphatic carbocycles. The van der Waals surface area contributed by atoms with Crippen molar-refractivity contribution in [1.82, 2.24) is 0 Å². The van der Waals surface area contributed by atoms with Crippen LogP contribution in [-0.4, -0.2) is 5.11 Å². The van der Waals surface area contributed by atoms with Gasteiger partial charge in [0.1, 0.15) is 0 Å². The molecule has 0 bridgehead atoms. The Hall–Kier alpha value is -0.820. The van der Waals surface area contributed by atoms with Gasteiger partial charge < -0.3 is 5.11 Å². The molecule has 1 nitrogen and oxygen atoms in total. The smallest absolute Gasteiger partial charge is 0.0907 e. The molecule has 0 saturated heterocycles. The fraction of sp³-hybridized carbons (Fsp3) is 0.625. The minimum Gasteiger partial charge on any atom is -0.385 e. The molecule has 0 fully saturated rings. The van der Waals surface area contributed by atoms with Crippen LogP contribution in [0.15, 0.2) is 24.3 Å². The Balaban J connectivity index is 2.41. The molecule has 0 spiro atoms. The Kier molecular flexibility index (Phi) is 3.31. The van der Waals surface area contributed by atoms with Crippen LogP contribution in [0.4, 0.5) is 0 Å². The van der Waals surface area contributed by atoms with E-state index in [1.807, 2.05) is 0 Å². The van der Waals surface area contributed by atoms with Crippen LogP contribution in [0.2, 0.25) is 0 Å². The normalized spacial score (nSPS) is 31.5. The van der Waals surface area contributed by atoms with E-state index in [0.717, 1.165) is 32.1 Å². The molecule has 17 heavy (non-hydrogen) atoms. The fourth-order valence-corrected chi connectivity index (χ4v) is 3.26. The van der Waals surface area contributed by atoms with E-state index < -0.39 is 5.60 Å². The predicted octanol–water partition coefficient (Wildman–Crippen LogP) is 4.14. The van der Waals surface area contributed by atoms with Gasteiger partial charge in [-0.2, -0.15) is 0 Å². The van der Waals surface area contributed by atoms with Gasteiger partial charge in [0.25, 0.3) is 0 Å². The van der Waals surface area contributed by atoms with Gasteiger partial charge in [-0.05, 0) is 35.8 Å². The zero-order valence-corrected chi connectivity index (χ0v) is 11.3. The third-order valence-corrected chi connectivity index (χ3v) is 4.49. The van der Waals surface area contributed by atoms with Crippen molar-refractivity contribution in [2.45, 2.75) is 63.9 Å². The highest BCUT2D eigenvalue weighted by Gasteiger charge is 2.47. The van der Waals surface area contributed by atoms with Gasteiger partial charge in [-0.25, -0.2) is 0 Å². The van der Waals surface area contributed by atoms with Gasteiger partial charge in [0.05, 0.1) is 5.60 Å². The van der Waals surface area contributed by atoms with Crippen LogP contribution in [0, 0.1) is 0 Å². The number of aliphatic hydroxyl groups is 1. The average Bonchev–Trinajstić information content (AvgIpc) is 2.58. The van der Waals surface area contributed by atoms with E-state index >= 15 is 0 Å². The van der Waals surface area contributed by atoms with Gasteiger partial charge in [-0.3, -0.25) is 0 Å². The molecule has 94 valence electrons. The Labute approximate surface area is 105 Å². The van der Waals surface area contributed by atoms with Gasteiger partial charge in [-0.15, -0.1) is 0 Å². The molecule has 2 atom stereocenters. The summed E-state index contributed by atoms with van der Waals surface area (Å²) in [7, 11) is 0. The molecule has 0 aromatic heterocycles. The number of rotatable bonds is 4. The summed E-state index contributed by atoms with van der Waals surface area (Å²) in [6, 6.07) is 8.46. The molecule has 0 unspecified atom stereocenters. The molecule has 1 aromatic rings. The maximum atomic E-state index is 10.9. The number of hydrogen-bond donors (Lipinski definition) is 1. The van der Waals surface area contributed by atoms with Crippen molar-refractivity contribution in [3.05, 3.63) is 35.4 Å². The number of fused-ring (bicyclic) bond motifs is 1. The SMILES string of the molecule is CCCC[C@]1(O)C[C@](C)(CC)c2ccccc21. The van der Waals surface area contributed by atoms with Gasteiger partial charge in [0.15, 0.2) is 0 Å². The lowest BCUT2D eigenvalue weighted by Crippen LogP contribution is -2.26. The summed E-state index contributed by atoms with van der Waals surface area (Å²) in [5.41, 5.74) is 2.11. The summed E-state index contributed by atoms with van der Waals surface area (Å²) in [4.78, 5) is 0. The Morgan fingerprint density at radius 3 is 2.41 bits per heavy atom. The summed E-state index contributed by atoms with van der Waals surface area (Å²) in [6.07, 6.45) is 5.13. The van der Waals surface area contributed by atoms with Gasteiger partial charge >= 0.3 is 0 Å². The molecule has 0 aliphatic heterocycles. The lowest BCUT2D eigenvalue weighted by atomic mass is 9.80. The summed E-state index contributed by atoms with van der Waals surface area (Å²) >= 11 is 0. The Bertz CT molecular complexity index is 398. The van der Waals surface area contributed by atoms with Crippen molar-refractivity contribution in [3.63, 3.8) is 0 Å². The van der Waals surface area contributed by atoms with Gasteiger partial charge in [0.2, 0.25) is 0 Å². The Morgan fingerprint density at radius 2 is 1.82 bits per heavy atom. The standard InChI is InChI=1S/C16H24O/c1-4-6-11-16(17)12-15(3,5-2)13-9-7-8-10-14(13)16/h7-10,17H,4-6,11-12H2,1-3H3/t15-,16-/m0/s1. The van der Waals surface area contributed by atoms with Crippen LogP contribution < -0.4 is 0 Å². The van der Waals surface area contributed by atoms with E-state index in [-0.39, 0.29) is 5.41 Å². The van der Waals surface area contributed by atoms with E-state index in [2.05, 4.69) is 45.0 Å². The zero-order valence-electron chi connectivity index (χ0n) is 11.3. The Morgan fingerprint density at radius 1 is 1.18 bits per heavy atom. The molecule has 1 N–H and O–H groups in total. The topological polar surface area (TPSA) is 20.2 Å². The number of hydrogen-bond acceptors (Lipinski definition) is 1. The number of benzene rings is 1. The van der Waals surface area contributed by atoms with Crippen LogP contribution in [0.25, 0.3) is 0 Å². The van der Waals surface area contributed by atoms with Crippen molar-refractivity contribution in [1.29, 1.82) is 0 Å². The van der Waals surface area contributed by atoms with Crippen LogP contribution in [-0.2, 0) is 11.0 Å². The molecule has 1 aliphatic rings. The third kappa shape index (κ3) is 2.01. The summed E-state index contributed by atoms with van der Waals surface area (Å²) in [5, 5.41) is 10.9. The van der Waals surface area contributed by atoms with Crippen LogP contribution in [0.3, 0.4) is 0 Å². The number of unbranched alkanes of at least 4 members (excludes halogenated alkanes) is 1. The molecular formula is C16H24O. The van der Waals surface area contributed by atoms with E-state index in [0.29, 0.717) is 0 Å². The minimum absolute atomic E-state index is 0.152. The van der Waals surface area contributed by atoms with E-state index in [9.17, 15) is 5.11 Å². The highest BCUT2D eigenvalue weighted by molar-refractivity contribution is 5.43. The summed E-state index contributed by atoms with van der Waals surface area (Å²) in [5.74, 6) is 0. The van der Waals surface area contributed by atoms with E-state index in [1.165, 1.54) is 11.1 Å². The first kappa shape index (κ1) is 12.6. The molecule has 1 aromatic carbocycles. The van der Waals surface area contributed by atoms with Crippen LogP contribution in [0.5, 0.6) is 0 Å². The largest absolute Gasteiger partial charge is 0.385 e. The van der Waals surface area contributed by atoms with Crippen molar-refractivity contribution in [2.24, 2.45) is 0 Å². The molecule has 0 radical (unpaired) electrons. The first-order valence-electron chi connectivity index (χ1n) is 6.88. The molecule has 2 rings (SSSR count). The fourth-order valence-electron chi connectivity index (χ4n) is 3.26. The highest BCUT2D eigenvalue weighted by Crippen LogP contribution is 2.51. The molecule has 0 saturated carbocycles. The first-order chi connectivity index (χ1) is 8.06. The van der Waals surface area contributed by atoms with Crippen molar-refractivity contribution < 1.29 is 5.11 Å². The summed E-state index contributed by atoms with van der Waals surface area (Å²) in [6.45, 7) is 6.70. The summed E-state index contributed by atoms with van der Waals surface area (Å²) < 4.78 is 0. The third-order valence-electron chi connectivity index (χ3n) is 4.49. The maximum absolute atomic E-state index is 10.9. The monoisotopic (exact) mass is 232 g/mol. The van der Waals surface area contributed by atoms with Crippen molar-refractivity contribution in [3.8, 4) is 0 Å². The second-order valence-corrected chi connectivity index (χ2v) is 5.77. The predicted molar refractivity (Wildman–Crippen MR) is 72.1 cm³/mol. The molecule has 0 amide bonds. The minimum atomic E-state index is -0.586. The van der Waals surface area contributed by atoms with E-state index in [1.54, 1.807) is 0 Å². The van der Waals surface area contributed by atoms with Crippen LogP contribution >= 0.6 is 0 Å². The maximum Gasteiger partial charge on any atom is 0.0907 e. The molecule has 0 heterocycles. The van der Waals surface area contributed by atoms with Crippen molar-refractivity contribution >= 4 is 0 Å².